The van der Waals surface area contributed by atoms with Crippen molar-refractivity contribution in [2.24, 2.45) is 0 Å². The fourth-order valence-electron chi connectivity index (χ4n) is 1.56. The second-order valence-corrected chi connectivity index (χ2v) is 4.66. The second kappa shape index (κ2) is 4.69. The quantitative estimate of drug-likeness (QED) is 0.807. The SMILES string of the molecule is Cc1nc(N)nc(Cl)c1-c1ccc(Cl)cc1Cl. The molecule has 0 amide bonds. The van der Waals surface area contributed by atoms with Gasteiger partial charge in [-0.15, -0.1) is 0 Å². The molecule has 0 bridgehead atoms. The molecule has 2 aromatic rings. The van der Waals surface area contributed by atoms with Gasteiger partial charge >= 0.3 is 0 Å². The van der Waals surface area contributed by atoms with Gasteiger partial charge in [-0.3, -0.25) is 0 Å². The summed E-state index contributed by atoms with van der Waals surface area (Å²) in [6.07, 6.45) is 0. The molecule has 1 heterocycles. The molecular formula is C11H8Cl3N3. The first-order chi connectivity index (χ1) is 7.99. The van der Waals surface area contributed by atoms with Crippen LogP contribution in [0.25, 0.3) is 11.1 Å². The standard InChI is InChI=1S/C11H8Cl3N3/c1-5-9(10(14)17-11(15)16-5)7-3-2-6(12)4-8(7)13/h2-4H,1H3,(H2,15,16,17). The molecule has 0 fully saturated rings. The maximum atomic E-state index is 6.12. The lowest BCUT2D eigenvalue weighted by Crippen LogP contribution is -2.00. The van der Waals surface area contributed by atoms with Crippen LogP contribution in [0.2, 0.25) is 15.2 Å². The summed E-state index contributed by atoms with van der Waals surface area (Å²) in [6.45, 7) is 1.80. The van der Waals surface area contributed by atoms with Crippen LogP contribution < -0.4 is 5.73 Å². The molecule has 6 heteroatoms. The molecular weight excluding hydrogens is 281 g/mol. The molecule has 0 aliphatic carbocycles. The van der Waals surface area contributed by atoms with Crippen LogP contribution in [0.3, 0.4) is 0 Å². The lowest BCUT2D eigenvalue weighted by Gasteiger charge is -2.09. The van der Waals surface area contributed by atoms with E-state index in [2.05, 4.69) is 9.97 Å². The number of nitrogens with two attached hydrogens (primary N) is 1. The third kappa shape index (κ3) is 2.46. The molecule has 0 spiro atoms. The van der Waals surface area contributed by atoms with Crippen LogP contribution in [-0.4, -0.2) is 9.97 Å². The minimum Gasteiger partial charge on any atom is -0.368 e. The zero-order valence-corrected chi connectivity index (χ0v) is 11.1. The summed E-state index contributed by atoms with van der Waals surface area (Å²) in [5.74, 6) is 0.140. The van der Waals surface area contributed by atoms with Crippen LogP contribution in [0.15, 0.2) is 18.2 Å². The van der Waals surface area contributed by atoms with Gasteiger partial charge in [-0.05, 0) is 19.1 Å². The van der Waals surface area contributed by atoms with Crippen molar-refractivity contribution in [3.8, 4) is 11.1 Å². The molecule has 0 atom stereocenters. The normalized spacial score (nSPS) is 10.6. The molecule has 3 nitrogen and oxygen atoms in total. The van der Waals surface area contributed by atoms with Gasteiger partial charge in [0, 0.05) is 16.1 Å². The molecule has 0 aliphatic rings. The molecule has 1 aromatic carbocycles. The molecule has 0 radical (unpaired) electrons. The minimum absolute atomic E-state index is 0.140. The van der Waals surface area contributed by atoms with E-state index < -0.39 is 0 Å². The highest BCUT2D eigenvalue weighted by Gasteiger charge is 2.14. The van der Waals surface area contributed by atoms with E-state index in [9.17, 15) is 0 Å². The first kappa shape index (κ1) is 12.4. The maximum Gasteiger partial charge on any atom is 0.221 e. The topological polar surface area (TPSA) is 51.8 Å². The Hall–Kier alpha value is -1.03. The van der Waals surface area contributed by atoms with E-state index in [1.807, 2.05) is 0 Å². The minimum atomic E-state index is 0.140. The Morgan fingerprint density at radius 1 is 1.12 bits per heavy atom. The highest BCUT2D eigenvalue weighted by atomic mass is 35.5. The van der Waals surface area contributed by atoms with E-state index in [1.54, 1.807) is 25.1 Å². The van der Waals surface area contributed by atoms with Crippen molar-refractivity contribution in [1.29, 1.82) is 0 Å². The van der Waals surface area contributed by atoms with Crippen molar-refractivity contribution in [3.05, 3.63) is 39.1 Å². The monoisotopic (exact) mass is 287 g/mol. The maximum absolute atomic E-state index is 6.12. The van der Waals surface area contributed by atoms with Crippen molar-refractivity contribution in [2.45, 2.75) is 6.92 Å². The van der Waals surface area contributed by atoms with Crippen LogP contribution in [0.1, 0.15) is 5.69 Å². The van der Waals surface area contributed by atoms with E-state index in [-0.39, 0.29) is 11.1 Å². The molecule has 0 aliphatic heterocycles. The lowest BCUT2D eigenvalue weighted by atomic mass is 10.1. The summed E-state index contributed by atoms with van der Waals surface area (Å²) in [6, 6.07) is 5.15. The molecule has 2 rings (SSSR count). The third-order valence-corrected chi connectivity index (χ3v) is 3.08. The zero-order chi connectivity index (χ0) is 12.6. The van der Waals surface area contributed by atoms with E-state index in [1.165, 1.54) is 0 Å². The summed E-state index contributed by atoms with van der Waals surface area (Å²) >= 11 is 18.0. The summed E-state index contributed by atoms with van der Waals surface area (Å²) in [5, 5.41) is 1.33. The van der Waals surface area contributed by atoms with E-state index in [4.69, 9.17) is 40.5 Å². The summed E-state index contributed by atoms with van der Waals surface area (Å²) in [7, 11) is 0. The van der Waals surface area contributed by atoms with E-state index in [0.29, 0.717) is 21.3 Å². The molecule has 0 saturated carbocycles. The van der Waals surface area contributed by atoms with Crippen molar-refractivity contribution < 1.29 is 0 Å². The van der Waals surface area contributed by atoms with Gasteiger partial charge < -0.3 is 5.73 Å². The molecule has 0 unspecified atom stereocenters. The van der Waals surface area contributed by atoms with Crippen LogP contribution in [0, 0.1) is 6.92 Å². The number of anilines is 1. The number of aromatic nitrogens is 2. The van der Waals surface area contributed by atoms with Crippen molar-refractivity contribution in [3.63, 3.8) is 0 Å². The Morgan fingerprint density at radius 3 is 2.41 bits per heavy atom. The summed E-state index contributed by atoms with van der Waals surface area (Å²) in [4.78, 5) is 7.98. The number of halogens is 3. The number of rotatable bonds is 1. The lowest BCUT2D eigenvalue weighted by molar-refractivity contribution is 1.12. The molecule has 2 N–H and O–H groups in total. The van der Waals surface area contributed by atoms with E-state index >= 15 is 0 Å². The van der Waals surface area contributed by atoms with Gasteiger partial charge in [0.05, 0.1) is 10.7 Å². The number of aryl methyl sites for hydroxylation is 1. The highest BCUT2D eigenvalue weighted by Crippen LogP contribution is 2.35. The Bertz CT molecular complexity index is 561. The van der Waals surface area contributed by atoms with Crippen LogP contribution in [-0.2, 0) is 0 Å². The van der Waals surface area contributed by atoms with Crippen LogP contribution in [0.5, 0.6) is 0 Å². The third-order valence-electron chi connectivity index (χ3n) is 2.26. The fraction of sp³-hybridized carbons (Fsp3) is 0.0909. The van der Waals surface area contributed by atoms with Gasteiger partial charge in [0.15, 0.2) is 0 Å². The Balaban J connectivity index is 2.68. The predicted octanol–water partition coefficient (Wildman–Crippen LogP) is 3.99. The smallest absolute Gasteiger partial charge is 0.221 e. The number of hydrogen-bond acceptors (Lipinski definition) is 3. The number of benzene rings is 1. The summed E-state index contributed by atoms with van der Waals surface area (Å²) in [5.41, 5.74) is 7.58. The van der Waals surface area contributed by atoms with Gasteiger partial charge in [-0.1, -0.05) is 40.9 Å². The first-order valence-electron chi connectivity index (χ1n) is 4.74. The predicted molar refractivity (Wildman–Crippen MR) is 71.6 cm³/mol. The fourth-order valence-corrected chi connectivity index (χ4v) is 2.38. The largest absolute Gasteiger partial charge is 0.368 e. The second-order valence-electron chi connectivity index (χ2n) is 3.46. The van der Waals surface area contributed by atoms with Crippen LogP contribution in [0.4, 0.5) is 5.95 Å². The summed E-state index contributed by atoms with van der Waals surface area (Å²) < 4.78 is 0. The Kier molecular flexibility index (Phi) is 3.43. The van der Waals surface area contributed by atoms with Gasteiger partial charge in [0.1, 0.15) is 5.15 Å². The van der Waals surface area contributed by atoms with Gasteiger partial charge in [0.25, 0.3) is 0 Å². The van der Waals surface area contributed by atoms with Gasteiger partial charge in [-0.25, -0.2) is 9.97 Å². The van der Waals surface area contributed by atoms with Crippen molar-refractivity contribution >= 4 is 40.8 Å². The van der Waals surface area contributed by atoms with E-state index in [0.717, 1.165) is 5.56 Å². The molecule has 17 heavy (non-hydrogen) atoms. The molecule has 88 valence electrons. The highest BCUT2D eigenvalue weighted by molar-refractivity contribution is 6.37. The first-order valence-corrected chi connectivity index (χ1v) is 5.87. The number of nitrogen functional groups attached to an aromatic ring is 1. The molecule has 1 aromatic heterocycles. The number of nitrogens with zero attached hydrogens (tertiary/aromatic N) is 2. The van der Waals surface area contributed by atoms with Crippen molar-refractivity contribution in [2.75, 3.05) is 5.73 Å². The van der Waals surface area contributed by atoms with Gasteiger partial charge in [-0.2, -0.15) is 0 Å². The van der Waals surface area contributed by atoms with Gasteiger partial charge in [0.2, 0.25) is 5.95 Å². The Morgan fingerprint density at radius 2 is 1.82 bits per heavy atom. The van der Waals surface area contributed by atoms with Crippen LogP contribution >= 0.6 is 34.8 Å². The average Bonchev–Trinajstić information content (AvgIpc) is 2.19. The molecule has 0 saturated heterocycles. The average molecular weight is 289 g/mol. The zero-order valence-electron chi connectivity index (χ0n) is 8.84. The van der Waals surface area contributed by atoms with Crippen molar-refractivity contribution in [1.82, 2.24) is 9.97 Å². The Labute approximate surface area is 114 Å². The number of hydrogen-bond donors (Lipinski definition) is 1.